The van der Waals surface area contributed by atoms with Gasteiger partial charge in [-0.2, -0.15) is 0 Å². The van der Waals surface area contributed by atoms with Gasteiger partial charge in [-0.3, -0.25) is 0 Å². The molecule has 0 fully saturated rings. The molecule has 0 saturated heterocycles. The average Bonchev–Trinajstić information content (AvgIpc) is 2.28. The first-order chi connectivity index (χ1) is 7.54. The molecular weight excluding hydrogens is 231 g/mol. The van der Waals surface area contributed by atoms with Crippen molar-refractivity contribution in [1.29, 1.82) is 0 Å². The van der Waals surface area contributed by atoms with Crippen molar-refractivity contribution in [2.24, 2.45) is 0 Å². The molecule has 0 amide bonds. The summed E-state index contributed by atoms with van der Waals surface area (Å²) in [5, 5.41) is 10.3. The fraction of sp³-hybridized carbons (Fsp3) is 0.500. The second-order valence-corrected chi connectivity index (χ2v) is 4.21. The largest absolute Gasteiger partial charge is 0.388 e. The Labute approximate surface area is 100.0 Å². The number of ether oxygens (including phenoxy) is 1. The van der Waals surface area contributed by atoms with Crippen molar-refractivity contribution in [1.82, 2.24) is 0 Å². The highest BCUT2D eigenvalue weighted by atomic mass is 35.5. The van der Waals surface area contributed by atoms with Gasteiger partial charge in [0.25, 0.3) is 0 Å². The predicted octanol–water partition coefficient (Wildman–Crippen LogP) is 3.33. The first-order valence-corrected chi connectivity index (χ1v) is 5.58. The second-order valence-electron chi connectivity index (χ2n) is 3.81. The summed E-state index contributed by atoms with van der Waals surface area (Å²) in [7, 11) is 1.62. The number of hydrogen-bond donors (Lipinski definition) is 1. The minimum absolute atomic E-state index is 0.0713. The molecule has 0 aliphatic heterocycles. The highest BCUT2D eigenvalue weighted by Gasteiger charge is 2.13. The summed E-state index contributed by atoms with van der Waals surface area (Å²) in [4.78, 5) is 0. The Kier molecular flexibility index (Phi) is 5.19. The molecule has 2 atom stereocenters. The molecule has 0 saturated carbocycles. The van der Waals surface area contributed by atoms with Gasteiger partial charge < -0.3 is 9.84 Å². The molecule has 4 heteroatoms. The van der Waals surface area contributed by atoms with Crippen LogP contribution in [0.25, 0.3) is 0 Å². The van der Waals surface area contributed by atoms with Crippen LogP contribution in [0, 0.1) is 5.82 Å². The highest BCUT2D eigenvalue weighted by Crippen LogP contribution is 2.27. The molecule has 2 unspecified atom stereocenters. The van der Waals surface area contributed by atoms with Gasteiger partial charge in [0.1, 0.15) is 5.82 Å². The van der Waals surface area contributed by atoms with Gasteiger partial charge in [0.15, 0.2) is 0 Å². The Morgan fingerprint density at radius 1 is 1.44 bits per heavy atom. The molecule has 0 aliphatic rings. The molecule has 1 N–H and O–H groups in total. The Morgan fingerprint density at radius 2 is 2.12 bits per heavy atom. The minimum atomic E-state index is -0.749. The van der Waals surface area contributed by atoms with Gasteiger partial charge in [0, 0.05) is 17.7 Å². The second kappa shape index (κ2) is 6.18. The Balaban J connectivity index is 2.65. The third-order valence-corrected chi connectivity index (χ3v) is 2.91. The van der Waals surface area contributed by atoms with Crippen LogP contribution in [0.3, 0.4) is 0 Å². The maximum absolute atomic E-state index is 13.0. The monoisotopic (exact) mass is 246 g/mol. The fourth-order valence-corrected chi connectivity index (χ4v) is 1.68. The summed E-state index contributed by atoms with van der Waals surface area (Å²) in [5.74, 6) is -0.391. The normalized spacial score (nSPS) is 14.8. The molecule has 0 bridgehead atoms. The third-order valence-electron chi connectivity index (χ3n) is 2.57. The molecule has 1 aromatic carbocycles. The van der Waals surface area contributed by atoms with Gasteiger partial charge in [-0.1, -0.05) is 11.6 Å². The van der Waals surface area contributed by atoms with E-state index in [0.717, 1.165) is 0 Å². The van der Waals surface area contributed by atoms with Gasteiger partial charge in [-0.25, -0.2) is 4.39 Å². The summed E-state index contributed by atoms with van der Waals surface area (Å²) in [6.45, 7) is 1.92. The first-order valence-electron chi connectivity index (χ1n) is 5.20. The molecule has 90 valence electrons. The van der Waals surface area contributed by atoms with E-state index in [1.54, 1.807) is 7.11 Å². The number of methoxy groups -OCH3 is 1. The number of hydrogen-bond acceptors (Lipinski definition) is 2. The first kappa shape index (κ1) is 13.4. The van der Waals surface area contributed by atoms with Crippen LogP contribution < -0.4 is 0 Å². The highest BCUT2D eigenvalue weighted by molar-refractivity contribution is 6.31. The maximum atomic E-state index is 13.0. The van der Waals surface area contributed by atoms with Crippen molar-refractivity contribution in [2.45, 2.75) is 32.0 Å². The van der Waals surface area contributed by atoms with Crippen LogP contribution >= 0.6 is 11.6 Å². The Morgan fingerprint density at radius 3 is 2.75 bits per heavy atom. The number of benzene rings is 1. The summed E-state index contributed by atoms with van der Waals surface area (Å²) < 4.78 is 18.1. The molecule has 16 heavy (non-hydrogen) atoms. The lowest BCUT2D eigenvalue weighted by Crippen LogP contribution is -2.08. The molecule has 0 radical (unpaired) electrons. The molecule has 0 aromatic heterocycles. The summed E-state index contributed by atoms with van der Waals surface area (Å²) >= 11 is 5.88. The van der Waals surface area contributed by atoms with Crippen LogP contribution in [0.15, 0.2) is 18.2 Å². The van der Waals surface area contributed by atoms with E-state index >= 15 is 0 Å². The van der Waals surface area contributed by atoms with Crippen molar-refractivity contribution in [3.63, 3.8) is 0 Å². The van der Waals surface area contributed by atoms with Crippen molar-refractivity contribution in [2.75, 3.05) is 7.11 Å². The number of rotatable bonds is 5. The molecule has 1 rings (SSSR count). The van der Waals surface area contributed by atoms with E-state index in [0.29, 0.717) is 23.4 Å². The summed E-state index contributed by atoms with van der Waals surface area (Å²) in [6.07, 6.45) is 0.519. The lowest BCUT2D eigenvalue weighted by Gasteiger charge is -2.15. The van der Waals surface area contributed by atoms with Crippen LogP contribution in [0.4, 0.5) is 4.39 Å². The molecule has 1 aromatic rings. The van der Waals surface area contributed by atoms with E-state index in [1.165, 1.54) is 18.2 Å². The topological polar surface area (TPSA) is 29.5 Å². The molecule has 2 nitrogen and oxygen atoms in total. The predicted molar refractivity (Wildman–Crippen MR) is 62.1 cm³/mol. The third kappa shape index (κ3) is 3.74. The lowest BCUT2D eigenvalue weighted by atomic mass is 10.0. The van der Waals surface area contributed by atoms with E-state index in [9.17, 15) is 9.50 Å². The van der Waals surface area contributed by atoms with E-state index in [4.69, 9.17) is 16.3 Å². The molecule has 0 heterocycles. The van der Waals surface area contributed by atoms with Crippen molar-refractivity contribution >= 4 is 11.6 Å². The maximum Gasteiger partial charge on any atom is 0.123 e. The zero-order valence-corrected chi connectivity index (χ0v) is 10.2. The van der Waals surface area contributed by atoms with Crippen molar-refractivity contribution < 1.29 is 14.2 Å². The molecule has 0 spiro atoms. The van der Waals surface area contributed by atoms with Crippen LogP contribution in [-0.4, -0.2) is 18.3 Å². The van der Waals surface area contributed by atoms with Crippen molar-refractivity contribution in [3.8, 4) is 0 Å². The van der Waals surface area contributed by atoms with E-state index in [1.807, 2.05) is 6.92 Å². The number of aliphatic hydroxyl groups excluding tert-OH is 1. The van der Waals surface area contributed by atoms with Crippen LogP contribution in [0.1, 0.15) is 31.4 Å². The zero-order chi connectivity index (χ0) is 12.1. The Bertz CT molecular complexity index is 344. The number of aliphatic hydroxyl groups is 1. The standard InChI is InChI=1S/C12H16ClFO2/c1-8(16-2)3-6-12(15)10-7-9(14)4-5-11(10)13/h4-5,7-8,12,15H,3,6H2,1-2H3. The van der Waals surface area contributed by atoms with Gasteiger partial charge in [0.05, 0.1) is 12.2 Å². The van der Waals surface area contributed by atoms with Gasteiger partial charge in [-0.15, -0.1) is 0 Å². The molecule has 0 aliphatic carbocycles. The van der Waals surface area contributed by atoms with Gasteiger partial charge in [0.2, 0.25) is 0 Å². The fourth-order valence-electron chi connectivity index (χ4n) is 1.44. The van der Waals surface area contributed by atoms with E-state index in [-0.39, 0.29) is 6.10 Å². The SMILES string of the molecule is COC(C)CCC(O)c1cc(F)ccc1Cl. The summed E-state index contributed by atoms with van der Waals surface area (Å²) in [6, 6.07) is 4.00. The minimum Gasteiger partial charge on any atom is -0.388 e. The Hall–Kier alpha value is -0.640. The summed E-state index contributed by atoms with van der Waals surface area (Å²) in [5.41, 5.74) is 0.435. The molecular formula is C12H16ClFO2. The lowest BCUT2D eigenvalue weighted by molar-refractivity contribution is 0.0850. The van der Waals surface area contributed by atoms with Crippen LogP contribution in [0.5, 0.6) is 0 Å². The smallest absolute Gasteiger partial charge is 0.123 e. The van der Waals surface area contributed by atoms with Crippen molar-refractivity contribution in [3.05, 3.63) is 34.6 Å². The van der Waals surface area contributed by atoms with Gasteiger partial charge in [-0.05, 0) is 38.0 Å². The zero-order valence-electron chi connectivity index (χ0n) is 9.41. The average molecular weight is 247 g/mol. The van der Waals surface area contributed by atoms with Gasteiger partial charge >= 0.3 is 0 Å². The van der Waals surface area contributed by atoms with E-state index in [2.05, 4.69) is 0 Å². The quantitative estimate of drug-likeness (QED) is 0.864. The van der Waals surface area contributed by atoms with Crippen LogP contribution in [-0.2, 0) is 4.74 Å². The van der Waals surface area contributed by atoms with Crippen LogP contribution in [0.2, 0.25) is 5.02 Å². The number of halogens is 2. The van der Waals surface area contributed by atoms with E-state index < -0.39 is 11.9 Å².